The molecule has 0 radical (unpaired) electrons. The highest BCUT2D eigenvalue weighted by atomic mass is 16.5. The van der Waals surface area contributed by atoms with Crippen molar-refractivity contribution in [2.24, 2.45) is 5.92 Å². The Bertz CT molecular complexity index is 411. The Morgan fingerprint density at radius 3 is 2.78 bits per heavy atom. The predicted octanol–water partition coefficient (Wildman–Crippen LogP) is 2.35. The van der Waals surface area contributed by atoms with Crippen LogP contribution in [-0.4, -0.2) is 25.3 Å². The molecule has 0 amide bonds. The zero-order valence-corrected chi connectivity index (χ0v) is 11.5. The average molecular weight is 249 g/mol. The molecule has 1 aromatic rings. The average Bonchev–Trinajstić information content (AvgIpc) is 2.38. The van der Waals surface area contributed by atoms with Gasteiger partial charge in [-0.3, -0.25) is 0 Å². The number of hydrogen-bond donors (Lipinski definition) is 2. The maximum Gasteiger partial charge on any atom is 0.127 e. The predicted molar refractivity (Wildman–Crippen MR) is 73.0 cm³/mol. The van der Waals surface area contributed by atoms with Crippen LogP contribution in [0, 0.1) is 19.8 Å². The molecular formula is C15H23NO2. The van der Waals surface area contributed by atoms with Gasteiger partial charge in [-0.1, -0.05) is 11.6 Å². The second kappa shape index (κ2) is 5.72. The van der Waals surface area contributed by atoms with E-state index in [0.717, 1.165) is 42.8 Å². The van der Waals surface area contributed by atoms with E-state index in [1.807, 2.05) is 13.0 Å². The van der Waals surface area contributed by atoms with Gasteiger partial charge in [-0.25, -0.2) is 0 Å². The van der Waals surface area contributed by atoms with Gasteiger partial charge < -0.3 is 15.2 Å². The molecule has 0 bridgehead atoms. The Morgan fingerprint density at radius 2 is 2.17 bits per heavy atom. The summed E-state index contributed by atoms with van der Waals surface area (Å²) in [7, 11) is 1.67. The van der Waals surface area contributed by atoms with E-state index in [9.17, 15) is 5.11 Å². The van der Waals surface area contributed by atoms with Crippen LogP contribution in [0.2, 0.25) is 0 Å². The Labute approximate surface area is 109 Å². The first kappa shape index (κ1) is 13.4. The third kappa shape index (κ3) is 2.68. The molecule has 1 aliphatic rings. The van der Waals surface area contributed by atoms with Gasteiger partial charge in [0, 0.05) is 18.0 Å². The second-order valence-electron chi connectivity index (χ2n) is 5.26. The summed E-state index contributed by atoms with van der Waals surface area (Å²) in [6.07, 6.45) is 1.77. The van der Waals surface area contributed by atoms with Crippen LogP contribution in [0.25, 0.3) is 0 Å². The number of aryl methyl sites for hydroxylation is 2. The lowest BCUT2D eigenvalue weighted by Gasteiger charge is -2.29. The van der Waals surface area contributed by atoms with Gasteiger partial charge in [0.05, 0.1) is 13.2 Å². The van der Waals surface area contributed by atoms with Gasteiger partial charge in [0.2, 0.25) is 0 Å². The molecule has 18 heavy (non-hydrogen) atoms. The van der Waals surface area contributed by atoms with Crippen molar-refractivity contribution in [1.82, 2.24) is 5.32 Å². The van der Waals surface area contributed by atoms with Crippen LogP contribution in [0.5, 0.6) is 5.75 Å². The highest BCUT2D eigenvalue weighted by molar-refractivity contribution is 5.45. The summed E-state index contributed by atoms with van der Waals surface area (Å²) < 4.78 is 5.46. The molecule has 1 fully saturated rings. The lowest BCUT2D eigenvalue weighted by Crippen LogP contribution is -2.33. The molecule has 2 N–H and O–H groups in total. The summed E-state index contributed by atoms with van der Waals surface area (Å²) in [6.45, 7) is 6.04. The van der Waals surface area contributed by atoms with Crippen molar-refractivity contribution in [2.75, 3.05) is 20.2 Å². The minimum atomic E-state index is -0.439. The van der Waals surface area contributed by atoms with Crippen LogP contribution in [0.15, 0.2) is 12.1 Å². The molecule has 2 atom stereocenters. The minimum absolute atomic E-state index is 0.286. The van der Waals surface area contributed by atoms with Gasteiger partial charge in [0.25, 0.3) is 0 Å². The molecule has 1 heterocycles. The highest BCUT2D eigenvalue weighted by Gasteiger charge is 2.26. The quantitative estimate of drug-likeness (QED) is 0.864. The molecule has 2 rings (SSSR count). The SMILES string of the molecule is COc1c(C)cc(C)cc1C(O)C1CCCNC1. The normalized spacial score (nSPS) is 21.7. The number of ether oxygens (including phenoxy) is 1. The van der Waals surface area contributed by atoms with Gasteiger partial charge in [-0.05, 0) is 44.9 Å². The van der Waals surface area contributed by atoms with Gasteiger partial charge in [-0.15, -0.1) is 0 Å². The number of methoxy groups -OCH3 is 1. The summed E-state index contributed by atoms with van der Waals surface area (Å²) in [6, 6.07) is 4.14. The van der Waals surface area contributed by atoms with Crippen molar-refractivity contribution < 1.29 is 9.84 Å². The molecular weight excluding hydrogens is 226 g/mol. The van der Waals surface area contributed by atoms with Gasteiger partial charge >= 0.3 is 0 Å². The molecule has 100 valence electrons. The Kier molecular flexibility index (Phi) is 4.25. The van der Waals surface area contributed by atoms with Crippen LogP contribution in [0.1, 0.15) is 35.6 Å². The van der Waals surface area contributed by atoms with E-state index in [0.29, 0.717) is 0 Å². The number of nitrogens with one attached hydrogen (secondary N) is 1. The molecule has 1 aliphatic heterocycles. The lowest BCUT2D eigenvalue weighted by molar-refractivity contribution is 0.0895. The fourth-order valence-corrected chi connectivity index (χ4v) is 2.89. The standard InChI is InChI=1S/C15H23NO2/c1-10-7-11(2)15(18-3)13(8-10)14(17)12-5-4-6-16-9-12/h7-8,12,14,16-17H,4-6,9H2,1-3H3. The largest absolute Gasteiger partial charge is 0.496 e. The van der Waals surface area contributed by atoms with Gasteiger partial charge in [-0.2, -0.15) is 0 Å². The third-order valence-electron chi connectivity index (χ3n) is 3.75. The van der Waals surface area contributed by atoms with Crippen LogP contribution < -0.4 is 10.1 Å². The van der Waals surface area contributed by atoms with E-state index in [1.54, 1.807) is 7.11 Å². The van der Waals surface area contributed by atoms with Crippen molar-refractivity contribution in [3.8, 4) is 5.75 Å². The number of aliphatic hydroxyl groups is 1. The summed E-state index contributed by atoms with van der Waals surface area (Å²) in [4.78, 5) is 0. The Hall–Kier alpha value is -1.06. The van der Waals surface area contributed by atoms with E-state index in [1.165, 1.54) is 5.56 Å². The number of rotatable bonds is 3. The van der Waals surface area contributed by atoms with Gasteiger partial charge in [0.15, 0.2) is 0 Å². The van der Waals surface area contributed by atoms with E-state index in [4.69, 9.17) is 4.74 Å². The Balaban J connectivity index is 2.30. The first-order valence-corrected chi connectivity index (χ1v) is 6.67. The topological polar surface area (TPSA) is 41.5 Å². The summed E-state index contributed by atoms with van der Waals surface area (Å²) >= 11 is 0. The summed E-state index contributed by atoms with van der Waals surface area (Å²) in [5, 5.41) is 13.9. The van der Waals surface area contributed by atoms with Crippen LogP contribution >= 0.6 is 0 Å². The fourth-order valence-electron chi connectivity index (χ4n) is 2.89. The maximum atomic E-state index is 10.6. The van der Waals surface area contributed by atoms with E-state index in [2.05, 4.69) is 18.3 Å². The van der Waals surface area contributed by atoms with E-state index in [-0.39, 0.29) is 5.92 Å². The van der Waals surface area contributed by atoms with Gasteiger partial charge in [0.1, 0.15) is 5.75 Å². The first-order valence-electron chi connectivity index (χ1n) is 6.67. The first-order chi connectivity index (χ1) is 8.63. The smallest absolute Gasteiger partial charge is 0.127 e. The molecule has 2 unspecified atom stereocenters. The molecule has 0 spiro atoms. The molecule has 0 aromatic heterocycles. The molecule has 1 saturated heterocycles. The molecule has 3 heteroatoms. The Morgan fingerprint density at radius 1 is 1.39 bits per heavy atom. The van der Waals surface area contributed by atoms with Crippen LogP contribution in [0.4, 0.5) is 0 Å². The third-order valence-corrected chi connectivity index (χ3v) is 3.75. The molecule has 3 nitrogen and oxygen atoms in total. The van der Waals surface area contributed by atoms with E-state index < -0.39 is 6.10 Å². The zero-order valence-electron chi connectivity index (χ0n) is 11.5. The lowest BCUT2D eigenvalue weighted by atomic mass is 9.87. The van der Waals surface area contributed by atoms with Crippen molar-refractivity contribution in [1.29, 1.82) is 0 Å². The fraction of sp³-hybridized carbons (Fsp3) is 0.600. The van der Waals surface area contributed by atoms with Crippen molar-refractivity contribution >= 4 is 0 Å². The van der Waals surface area contributed by atoms with Crippen molar-refractivity contribution in [3.05, 3.63) is 28.8 Å². The maximum absolute atomic E-state index is 10.6. The number of piperidine rings is 1. The zero-order chi connectivity index (χ0) is 13.1. The number of hydrogen-bond acceptors (Lipinski definition) is 3. The summed E-state index contributed by atoms with van der Waals surface area (Å²) in [5.41, 5.74) is 3.20. The van der Waals surface area contributed by atoms with Crippen molar-refractivity contribution in [2.45, 2.75) is 32.8 Å². The second-order valence-corrected chi connectivity index (χ2v) is 5.26. The minimum Gasteiger partial charge on any atom is -0.496 e. The molecule has 0 saturated carbocycles. The number of aliphatic hydroxyl groups excluding tert-OH is 1. The number of benzene rings is 1. The molecule has 1 aromatic carbocycles. The van der Waals surface area contributed by atoms with E-state index >= 15 is 0 Å². The van der Waals surface area contributed by atoms with Crippen LogP contribution in [0.3, 0.4) is 0 Å². The highest BCUT2D eigenvalue weighted by Crippen LogP contribution is 2.35. The molecule has 0 aliphatic carbocycles. The van der Waals surface area contributed by atoms with Crippen LogP contribution in [-0.2, 0) is 0 Å². The van der Waals surface area contributed by atoms with Crippen molar-refractivity contribution in [3.63, 3.8) is 0 Å². The monoisotopic (exact) mass is 249 g/mol. The summed E-state index contributed by atoms with van der Waals surface area (Å²) in [5.74, 6) is 1.12.